The summed E-state index contributed by atoms with van der Waals surface area (Å²) in [5, 5.41) is 9.74. The Balaban J connectivity index is 0.000000214. The van der Waals surface area contributed by atoms with Gasteiger partial charge in [0.05, 0.1) is 0 Å². The van der Waals surface area contributed by atoms with E-state index < -0.39 is 0 Å². The third-order valence-corrected chi connectivity index (χ3v) is 11.3. The van der Waals surface area contributed by atoms with Gasteiger partial charge < -0.3 is 29.3 Å². The monoisotopic (exact) mass is 787 g/mol. The molecule has 2 saturated heterocycles. The fourth-order valence-electron chi connectivity index (χ4n) is 7.92. The van der Waals surface area contributed by atoms with Gasteiger partial charge in [-0.2, -0.15) is 0 Å². The number of amides is 2. The molecule has 2 heterocycles. The molecule has 2 aliphatic rings. The average Bonchev–Trinajstić information content (AvgIpc) is 3.28. The van der Waals surface area contributed by atoms with Crippen LogP contribution in [0.4, 0.5) is 11.4 Å². The summed E-state index contributed by atoms with van der Waals surface area (Å²) >= 11 is 0. The zero-order chi connectivity index (χ0) is 41.4. The molecule has 6 rings (SSSR count). The van der Waals surface area contributed by atoms with E-state index >= 15 is 0 Å². The minimum atomic E-state index is -0.370. The van der Waals surface area contributed by atoms with Gasteiger partial charge in [0.2, 0.25) is 11.8 Å². The zero-order valence-electron chi connectivity index (χ0n) is 35.3. The van der Waals surface area contributed by atoms with Gasteiger partial charge >= 0.3 is 7.05 Å². The molecule has 4 aromatic carbocycles. The molecule has 0 saturated carbocycles. The molecule has 2 atom stereocenters. The van der Waals surface area contributed by atoms with Gasteiger partial charge in [0.25, 0.3) is 0 Å². The van der Waals surface area contributed by atoms with Crippen LogP contribution in [-0.4, -0.2) is 85.7 Å². The molecule has 2 aliphatic heterocycles. The van der Waals surface area contributed by atoms with Crippen molar-refractivity contribution in [1.82, 2.24) is 9.71 Å². The summed E-state index contributed by atoms with van der Waals surface area (Å²) in [7, 11) is -0.370. The number of carbonyl (C=O) groups excluding carboxylic acids is 3. The molecule has 1 N–H and O–H groups in total. The van der Waals surface area contributed by atoms with Crippen LogP contribution >= 0.6 is 0 Å². The van der Waals surface area contributed by atoms with E-state index in [1.54, 1.807) is 0 Å². The predicted octanol–water partition coefficient (Wildman–Crippen LogP) is 8.84. The highest BCUT2D eigenvalue weighted by Gasteiger charge is 2.26. The van der Waals surface area contributed by atoms with Gasteiger partial charge in [-0.25, -0.2) is 0 Å². The average molecular weight is 787 g/mol. The fraction of sp³-hybridized carbons (Fsp3) is 0.449. The van der Waals surface area contributed by atoms with E-state index in [9.17, 15) is 19.4 Å². The number of anilines is 2. The van der Waals surface area contributed by atoms with Gasteiger partial charge in [0.1, 0.15) is 6.29 Å². The number of hydrogen-bond acceptors (Lipinski definition) is 6. The number of carbonyl (C=O) groups is 3. The number of rotatable bonds is 16. The van der Waals surface area contributed by atoms with Gasteiger partial charge in [-0.3, -0.25) is 9.59 Å². The number of hydrogen-bond donors (Lipinski definition) is 1. The summed E-state index contributed by atoms with van der Waals surface area (Å²) in [5.74, 6) is 1.64. The van der Waals surface area contributed by atoms with Crippen molar-refractivity contribution >= 4 is 36.5 Å². The first-order chi connectivity index (χ1) is 28.3. The summed E-state index contributed by atoms with van der Waals surface area (Å²) in [5.41, 5.74) is 4.51. The van der Waals surface area contributed by atoms with E-state index in [1.165, 1.54) is 31.4 Å². The van der Waals surface area contributed by atoms with Crippen LogP contribution in [0.15, 0.2) is 121 Å². The van der Waals surface area contributed by atoms with Gasteiger partial charge in [-0.1, -0.05) is 111 Å². The second-order valence-corrected chi connectivity index (χ2v) is 15.6. The summed E-state index contributed by atoms with van der Waals surface area (Å²) in [4.78, 5) is 43.2. The van der Waals surface area contributed by atoms with Crippen LogP contribution < -0.4 is 9.80 Å². The number of likely N-dealkylation sites (tertiary alicyclic amines) is 1. The van der Waals surface area contributed by atoms with Crippen molar-refractivity contribution in [3.05, 3.63) is 132 Å². The number of benzene rings is 4. The standard InChI is InChI=1S/C24H32N2O.C17H27BN2O2.C8H8O/c1-2-24(27)26(23-13-7-4-8-14-23)19-16-22-12-9-17-25(20-22)18-15-21-10-5-3-6-11-21;1-3-17(21)20(16-9-5-4-6-10-16)13-11-15-8-7-12-19(14-15)18(2)22;9-7-6-8-4-2-1-3-5-8/h3-8,10-11,13-14,22H,2,9,12,15-20H2,1H3;4-6,9-10,15,22H,3,7-8,11-14H2,1-2H3;1-5,7H,6H2. The van der Waals surface area contributed by atoms with Crippen LogP contribution in [0.5, 0.6) is 0 Å². The maximum absolute atomic E-state index is 12.4. The van der Waals surface area contributed by atoms with Crippen LogP contribution in [0.25, 0.3) is 0 Å². The molecule has 0 bridgehead atoms. The highest BCUT2D eigenvalue weighted by Crippen LogP contribution is 2.24. The predicted molar refractivity (Wildman–Crippen MR) is 241 cm³/mol. The third-order valence-electron chi connectivity index (χ3n) is 11.3. The van der Waals surface area contributed by atoms with Crippen molar-refractivity contribution in [2.24, 2.45) is 11.8 Å². The van der Waals surface area contributed by atoms with E-state index in [0.717, 1.165) is 88.2 Å². The highest BCUT2D eigenvalue weighted by atomic mass is 16.2. The number of para-hydroxylation sites is 2. The fourth-order valence-corrected chi connectivity index (χ4v) is 7.92. The molecular weight excluding hydrogens is 719 g/mol. The van der Waals surface area contributed by atoms with E-state index in [4.69, 9.17) is 0 Å². The smallest absolute Gasteiger partial charge is 0.376 e. The first-order valence-corrected chi connectivity index (χ1v) is 21.7. The lowest BCUT2D eigenvalue weighted by Gasteiger charge is -2.34. The largest absolute Gasteiger partial charge is 0.437 e. The molecule has 0 aliphatic carbocycles. The minimum Gasteiger partial charge on any atom is -0.437 e. The van der Waals surface area contributed by atoms with Gasteiger partial charge in [0, 0.05) is 56.8 Å². The van der Waals surface area contributed by atoms with Gasteiger partial charge in [0.15, 0.2) is 0 Å². The van der Waals surface area contributed by atoms with E-state index in [1.807, 2.05) is 121 Å². The van der Waals surface area contributed by atoms with Crippen molar-refractivity contribution < 1.29 is 19.4 Å². The molecule has 58 heavy (non-hydrogen) atoms. The quantitative estimate of drug-likeness (QED) is 0.0903. The number of nitrogens with zero attached hydrogens (tertiary/aromatic N) is 4. The summed E-state index contributed by atoms with van der Waals surface area (Å²) < 4.78 is 0. The number of aldehydes is 1. The Morgan fingerprint density at radius 1 is 0.672 bits per heavy atom. The molecule has 2 fully saturated rings. The lowest BCUT2D eigenvalue weighted by atomic mass is 9.80. The van der Waals surface area contributed by atoms with Crippen LogP contribution in [0.3, 0.4) is 0 Å². The Hall–Kier alpha value is -4.57. The molecule has 2 unspecified atom stereocenters. The molecule has 9 heteroatoms. The summed E-state index contributed by atoms with van der Waals surface area (Å²) in [6.07, 6.45) is 10.6. The summed E-state index contributed by atoms with van der Waals surface area (Å²) in [6.45, 7) is 12.7. The molecule has 8 nitrogen and oxygen atoms in total. The van der Waals surface area contributed by atoms with E-state index in [2.05, 4.69) is 40.0 Å². The SMILES string of the molecule is CCC(=O)N(CCC1CCCN(B(C)O)C1)c1ccccc1.CCC(=O)N(CCC1CCCN(CCc2ccccc2)C1)c1ccccc1.O=CCc1ccccc1. The Morgan fingerprint density at radius 3 is 1.59 bits per heavy atom. The van der Waals surface area contributed by atoms with E-state index in [0.29, 0.717) is 31.1 Å². The maximum Gasteiger partial charge on any atom is 0.376 e. The molecule has 0 radical (unpaired) electrons. The zero-order valence-corrected chi connectivity index (χ0v) is 35.3. The highest BCUT2D eigenvalue weighted by molar-refractivity contribution is 6.45. The van der Waals surface area contributed by atoms with Crippen molar-refractivity contribution in [1.29, 1.82) is 0 Å². The van der Waals surface area contributed by atoms with Crippen molar-refractivity contribution in [3.63, 3.8) is 0 Å². The molecule has 310 valence electrons. The molecule has 0 aromatic heterocycles. The Morgan fingerprint density at radius 2 is 1.12 bits per heavy atom. The second kappa shape index (κ2) is 26.4. The second-order valence-electron chi connectivity index (χ2n) is 15.6. The maximum atomic E-state index is 12.4. The van der Waals surface area contributed by atoms with Crippen molar-refractivity contribution in [2.45, 2.75) is 84.9 Å². The Kier molecular flexibility index (Phi) is 21.0. The van der Waals surface area contributed by atoms with Crippen LogP contribution in [0.2, 0.25) is 6.82 Å². The Bertz CT molecular complexity index is 1710. The topological polar surface area (TPSA) is 84.4 Å². The van der Waals surface area contributed by atoms with Crippen molar-refractivity contribution in [3.8, 4) is 0 Å². The van der Waals surface area contributed by atoms with Gasteiger partial charge in [-0.05, 0) is 119 Å². The number of piperidine rings is 2. The molecule has 0 spiro atoms. The van der Waals surface area contributed by atoms with E-state index in [-0.39, 0.29) is 18.9 Å². The lowest BCUT2D eigenvalue weighted by molar-refractivity contribution is -0.119. The van der Waals surface area contributed by atoms with Crippen molar-refractivity contribution in [2.75, 3.05) is 55.6 Å². The first-order valence-electron chi connectivity index (χ1n) is 21.7. The third kappa shape index (κ3) is 16.4. The minimum absolute atomic E-state index is 0.175. The Labute approximate surface area is 349 Å². The molecule has 2 amide bonds. The molecule has 4 aromatic rings. The van der Waals surface area contributed by atoms with Crippen LogP contribution in [-0.2, 0) is 27.2 Å². The normalized spacial score (nSPS) is 16.8. The van der Waals surface area contributed by atoms with Crippen LogP contribution in [0.1, 0.15) is 76.3 Å². The lowest BCUT2D eigenvalue weighted by Crippen LogP contribution is -2.45. The molecular formula is C49H67BN4O4. The van der Waals surface area contributed by atoms with Crippen LogP contribution in [0, 0.1) is 11.8 Å². The first kappa shape index (κ1) is 46.1. The van der Waals surface area contributed by atoms with Gasteiger partial charge in [-0.15, -0.1) is 0 Å². The summed E-state index contributed by atoms with van der Waals surface area (Å²) in [6, 6.07) is 40.5.